The lowest BCUT2D eigenvalue weighted by atomic mass is 10.2. The highest BCUT2D eigenvalue weighted by Gasteiger charge is 2.20. The molecule has 4 aromatic heterocycles. The van der Waals surface area contributed by atoms with E-state index in [9.17, 15) is 0 Å². The molecule has 5 aromatic rings. The highest BCUT2D eigenvalue weighted by Crippen LogP contribution is 2.30. The van der Waals surface area contributed by atoms with Crippen molar-refractivity contribution in [2.75, 3.05) is 5.73 Å². The zero-order valence-electron chi connectivity index (χ0n) is 15.3. The van der Waals surface area contributed by atoms with Crippen molar-refractivity contribution in [1.82, 2.24) is 30.0 Å². The molecule has 2 N–H and O–H groups in total. The van der Waals surface area contributed by atoms with Gasteiger partial charge in [0, 0.05) is 18.0 Å². The number of aryl methyl sites for hydroxylation is 1. The smallest absolute Gasteiger partial charge is 0.199 e. The lowest BCUT2D eigenvalue weighted by Crippen LogP contribution is -2.00. The van der Waals surface area contributed by atoms with Crippen LogP contribution in [0.15, 0.2) is 57.9 Å². The molecule has 0 spiro atoms. The van der Waals surface area contributed by atoms with Gasteiger partial charge in [-0.05, 0) is 47.6 Å². The number of fused-ring (bicyclic) bond motifs is 1. The van der Waals surface area contributed by atoms with Crippen LogP contribution in [0.25, 0.3) is 28.2 Å². The van der Waals surface area contributed by atoms with Crippen molar-refractivity contribution in [3.05, 3.63) is 60.2 Å². The molecular formula is C19H15N7O3. The molecule has 0 saturated carbocycles. The molecule has 0 aliphatic heterocycles. The average Bonchev–Trinajstić information content (AvgIpc) is 3.44. The van der Waals surface area contributed by atoms with Gasteiger partial charge in [0.15, 0.2) is 17.3 Å². The predicted molar refractivity (Wildman–Crippen MR) is 102 cm³/mol. The Labute approximate surface area is 163 Å². The van der Waals surface area contributed by atoms with Gasteiger partial charge in [0.05, 0.1) is 11.7 Å². The summed E-state index contributed by atoms with van der Waals surface area (Å²) in [5.74, 6) is 2.12. The number of benzene rings is 1. The van der Waals surface area contributed by atoms with Crippen LogP contribution >= 0.6 is 0 Å². The van der Waals surface area contributed by atoms with Crippen molar-refractivity contribution in [1.29, 1.82) is 0 Å². The first kappa shape index (κ1) is 16.9. The summed E-state index contributed by atoms with van der Waals surface area (Å²) < 4.78 is 17.5. The summed E-state index contributed by atoms with van der Waals surface area (Å²) in [5.41, 5.74) is 9.39. The highest BCUT2D eigenvalue weighted by atomic mass is 16.6. The summed E-state index contributed by atoms with van der Waals surface area (Å²) in [6, 6.07) is 11.3. The maximum absolute atomic E-state index is 5.89. The third-order valence-corrected chi connectivity index (χ3v) is 4.34. The Balaban J connectivity index is 1.51. The van der Waals surface area contributed by atoms with Crippen LogP contribution in [0.5, 0.6) is 5.75 Å². The molecule has 5 rings (SSSR count). The molecule has 0 bridgehead atoms. The van der Waals surface area contributed by atoms with E-state index in [0.717, 1.165) is 22.7 Å². The first-order valence-corrected chi connectivity index (χ1v) is 8.75. The summed E-state index contributed by atoms with van der Waals surface area (Å²) in [5, 5.41) is 11.5. The van der Waals surface area contributed by atoms with Crippen LogP contribution < -0.4 is 10.5 Å². The quantitative estimate of drug-likeness (QED) is 0.482. The maximum Gasteiger partial charge on any atom is 0.199 e. The molecule has 0 aliphatic carbocycles. The molecule has 144 valence electrons. The van der Waals surface area contributed by atoms with Gasteiger partial charge in [0.1, 0.15) is 29.3 Å². The van der Waals surface area contributed by atoms with Crippen molar-refractivity contribution < 1.29 is 13.9 Å². The van der Waals surface area contributed by atoms with E-state index >= 15 is 0 Å². The van der Waals surface area contributed by atoms with Crippen LogP contribution in [0.3, 0.4) is 0 Å². The van der Waals surface area contributed by atoms with Gasteiger partial charge < -0.3 is 15.0 Å². The molecule has 0 atom stereocenters. The fourth-order valence-corrected chi connectivity index (χ4v) is 3.04. The van der Waals surface area contributed by atoms with E-state index in [1.165, 1.54) is 0 Å². The highest BCUT2D eigenvalue weighted by molar-refractivity contribution is 5.83. The molecule has 29 heavy (non-hydrogen) atoms. The fourth-order valence-electron chi connectivity index (χ4n) is 3.04. The van der Waals surface area contributed by atoms with Crippen molar-refractivity contribution in [3.8, 4) is 23.0 Å². The summed E-state index contributed by atoms with van der Waals surface area (Å²) in [4.78, 5) is 8.73. The van der Waals surface area contributed by atoms with Crippen molar-refractivity contribution in [2.24, 2.45) is 0 Å². The number of anilines is 1. The monoisotopic (exact) mass is 389 g/mol. The number of hydrogen-bond acceptors (Lipinski definition) is 9. The summed E-state index contributed by atoms with van der Waals surface area (Å²) in [6.45, 7) is 2.16. The van der Waals surface area contributed by atoms with Crippen LogP contribution in [0, 0.1) is 6.92 Å². The van der Waals surface area contributed by atoms with Crippen LogP contribution in [0.2, 0.25) is 0 Å². The number of imidazole rings is 1. The van der Waals surface area contributed by atoms with E-state index < -0.39 is 0 Å². The van der Waals surface area contributed by atoms with Crippen molar-refractivity contribution in [2.45, 2.75) is 13.5 Å². The van der Waals surface area contributed by atoms with Gasteiger partial charge in [-0.25, -0.2) is 9.61 Å². The van der Waals surface area contributed by atoms with Crippen LogP contribution in [-0.2, 0) is 6.61 Å². The lowest BCUT2D eigenvalue weighted by Gasteiger charge is -2.09. The van der Waals surface area contributed by atoms with E-state index in [0.29, 0.717) is 29.4 Å². The molecule has 1 aromatic carbocycles. The molecule has 10 nitrogen and oxygen atoms in total. The van der Waals surface area contributed by atoms with Crippen molar-refractivity contribution in [3.63, 3.8) is 0 Å². The Morgan fingerprint density at radius 3 is 2.69 bits per heavy atom. The topological polar surface area (TPSA) is 131 Å². The largest absolute Gasteiger partial charge is 0.487 e. The molecule has 4 heterocycles. The Morgan fingerprint density at radius 2 is 1.97 bits per heavy atom. The second-order valence-electron chi connectivity index (χ2n) is 6.34. The summed E-state index contributed by atoms with van der Waals surface area (Å²) in [7, 11) is 0. The molecule has 0 unspecified atom stereocenters. The number of rotatable bonds is 5. The Morgan fingerprint density at radius 1 is 1.10 bits per heavy atom. The van der Waals surface area contributed by atoms with Gasteiger partial charge in [-0.3, -0.25) is 9.55 Å². The van der Waals surface area contributed by atoms with Gasteiger partial charge in [-0.15, -0.1) is 0 Å². The lowest BCUT2D eigenvalue weighted by molar-refractivity contribution is 0.288. The van der Waals surface area contributed by atoms with Gasteiger partial charge >= 0.3 is 0 Å². The number of aromatic nitrogens is 6. The predicted octanol–water partition coefficient (Wildman–Crippen LogP) is 2.93. The van der Waals surface area contributed by atoms with E-state index in [-0.39, 0.29) is 5.82 Å². The minimum absolute atomic E-state index is 0.164. The number of ether oxygens (including phenoxy) is 1. The Kier molecular flexibility index (Phi) is 3.94. The van der Waals surface area contributed by atoms with Gasteiger partial charge in [-0.2, -0.15) is 0 Å². The van der Waals surface area contributed by atoms with E-state index in [1.807, 2.05) is 47.9 Å². The molecule has 0 fully saturated rings. The van der Waals surface area contributed by atoms with Gasteiger partial charge in [0.25, 0.3) is 0 Å². The standard InChI is InChI=1S/C19H15N7O3/c1-11-8-12(23-28-11)10-27-14-4-2-13(3-5-14)26-16-6-7-21-9-15(16)22-19(26)17-18(20)25-29-24-17/h2-9H,10H2,1H3,(H2,20,25). The number of nitrogens with zero attached hydrogens (tertiary/aromatic N) is 6. The van der Waals surface area contributed by atoms with Crippen LogP contribution in [0.1, 0.15) is 11.5 Å². The second-order valence-corrected chi connectivity index (χ2v) is 6.34. The number of hydrogen-bond donors (Lipinski definition) is 1. The van der Waals surface area contributed by atoms with E-state index in [4.69, 9.17) is 19.6 Å². The molecule has 0 amide bonds. The molecular weight excluding hydrogens is 374 g/mol. The number of nitrogen functional groups attached to an aromatic ring is 1. The molecule has 0 saturated heterocycles. The molecule has 10 heteroatoms. The second kappa shape index (κ2) is 6.75. The fraction of sp³-hybridized carbons (Fsp3) is 0.105. The Bertz CT molecular complexity index is 1290. The SMILES string of the molecule is Cc1cc(COc2ccc(-n3c(-c4nonc4N)nc4cnccc43)cc2)no1. The van der Waals surface area contributed by atoms with Crippen LogP contribution in [0.4, 0.5) is 5.82 Å². The molecule has 0 aliphatic rings. The maximum atomic E-state index is 5.89. The first-order valence-electron chi connectivity index (χ1n) is 8.75. The Hall–Kier alpha value is -4.21. The number of pyridine rings is 1. The summed E-state index contributed by atoms with van der Waals surface area (Å²) >= 11 is 0. The zero-order chi connectivity index (χ0) is 19.8. The van der Waals surface area contributed by atoms with E-state index in [2.05, 4.69) is 25.4 Å². The molecule has 0 radical (unpaired) electrons. The summed E-state index contributed by atoms with van der Waals surface area (Å²) in [6.07, 6.45) is 3.38. The average molecular weight is 389 g/mol. The van der Waals surface area contributed by atoms with Gasteiger partial charge in [-0.1, -0.05) is 5.16 Å². The third kappa shape index (κ3) is 3.06. The normalized spacial score (nSPS) is 11.2. The van der Waals surface area contributed by atoms with E-state index in [1.54, 1.807) is 12.4 Å². The minimum atomic E-state index is 0.164. The van der Waals surface area contributed by atoms with Gasteiger partial charge in [0.2, 0.25) is 0 Å². The van der Waals surface area contributed by atoms with Crippen LogP contribution in [-0.4, -0.2) is 30.0 Å². The first-order chi connectivity index (χ1) is 14.2. The zero-order valence-corrected chi connectivity index (χ0v) is 15.3. The van der Waals surface area contributed by atoms with Crippen molar-refractivity contribution >= 4 is 16.9 Å². The number of nitrogens with two attached hydrogens (primary N) is 1. The minimum Gasteiger partial charge on any atom is -0.487 e. The third-order valence-electron chi connectivity index (χ3n) is 4.34.